The lowest BCUT2D eigenvalue weighted by atomic mass is 10.1. The van der Waals surface area contributed by atoms with E-state index in [9.17, 15) is 23.3 Å². The highest BCUT2D eigenvalue weighted by molar-refractivity contribution is 6.00. The molecule has 0 N–H and O–H groups in total. The molecule has 0 spiro atoms. The number of nitro benzene ring substituents is 1. The molecule has 0 saturated carbocycles. The van der Waals surface area contributed by atoms with Crippen LogP contribution in [0.4, 0.5) is 30.2 Å². The Hall–Kier alpha value is -2.90. The first-order valence-corrected chi connectivity index (χ1v) is 7.84. The number of anilines is 1. The van der Waals surface area contributed by atoms with E-state index in [0.29, 0.717) is 11.9 Å². The maximum Gasteiger partial charge on any atom is 0.423 e. The molecule has 2 aromatic rings. The van der Waals surface area contributed by atoms with Gasteiger partial charge in [0.1, 0.15) is 11.4 Å². The van der Waals surface area contributed by atoms with Gasteiger partial charge in [-0.25, -0.2) is 4.99 Å². The van der Waals surface area contributed by atoms with Crippen molar-refractivity contribution in [1.82, 2.24) is 0 Å². The second kappa shape index (κ2) is 7.55. The number of benzene rings is 2. The van der Waals surface area contributed by atoms with Gasteiger partial charge in [0.2, 0.25) is 0 Å². The maximum atomic E-state index is 13.1. The van der Waals surface area contributed by atoms with Crippen molar-refractivity contribution in [3.05, 3.63) is 64.2 Å². The van der Waals surface area contributed by atoms with E-state index in [4.69, 9.17) is 0 Å². The van der Waals surface area contributed by atoms with Gasteiger partial charge in [-0.3, -0.25) is 10.1 Å². The lowest BCUT2D eigenvalue weighted by Crippen LogP contribution is -2.30. The SMILES string of the molecule is CC(C)C(=Nc1ccc([N+](=O)[O-])c(C(F)(F)F)c1)N(C)c1ccccc1. The molecule has 138 valence electrons. The van der Waals surface area contributed by atoms with E-state index in [1.54, 1.807) is 11.9 Å². The first-order chi connectivity index (χ1) is 12.1. The Balaban J connectivity index is 2.52. The van der Waals surface area contributed by atoms with Gasteiger partial charge in [0, 0.05) is 24.7 Å². The smallest absolute Gasteiger partial charge is 0.333 e. The molecule has 0 heterocycles. The van der Waals surface area contributed by atoms with Crippen LogP contribution >= 0.6 is 0 Å². The second-order valence-electron chi connectivity index (χ2n) is 5.98. The number of amidine groups is 1. The van der Waals surface area contributed by atoms with E-state index in [1.807, 2.05) is 44.2 Å². The monoisotopic (exact) mass is 365 g/mol. The minimum absolute atomic E-state index is 0.00871. The fraction of sp³-hybridized carbons (Fsp3) is 0.278. The molecule has 26 heavy (non-hydrogen) atoms. The minimum atomic E-state index is -4.84. The summed E-state index contributed by atoms with van der Waals surface area (Å²) in [6.45, 7) is 3.74. The van der Waals surface area contributed by atoms with Gasteiger partial charge in [-0.1, -0.05) is 32.0 Å². The summed E-state index contributed by atoms with van der Waals surface area (Å²) in [4.78, 5) is 15.9. The number of hydrogen-bond donors (Lipinski definition) is 0. The largest absolute Gasteiger partial charge is 0.423 e. The van der Waals surface area contributed by atoms with Gasteiger partial charge >= 0.3 is 6.18 Å². The van der Waals surface area contributed by atoms with Gasteiger partial charge in [0.05, 0.1) is 10.6 Å². The molecule has 0 aliphatic heterocycles. The Kier molecular flexibility index (Phi) is 5.64. The molecule has 5 nitrogen and oxygen atoms in total. The molecule has 0 atom stereocenters. The fourth-order valence-electron chi connectivity index (χ4n) is 2.49. The number of hydrogen-bond acceptors (Lipinski definition) is 3. The van der Waals surface area contributed by atoms with Crippen LogP contribution in [-0.2, 0) is 6.18 Å². The van der Waals surface area contributed by atoms with E-state index < -0.39 is 22.4 Å². The summed E-state index contributed by atoms with van der Waals surface area (Å²) < 4.78 is 39.4. The highest BCUT2D eigenvalue weighted by atomic mass is 19.4. The molecule has 0 aliphatic rings. The summed E-state index contributed by atoms with van der Waals surface area (Å²) in [5, 5.41) is 10.9. The summed E-state index contributed by atoms with van der Waals surface area (Å²) >= 11 is 0. The van der Waals surface area contributed by atoms with Crippen LogP contribution in [0, 0.1) is 16.0 Å². The van der Waals surface area contributed by atoms with E-state index in [-0.39, 0.29) is 11.6 Å². The topological polar surface area (TPSA) is 58.7 Å². The number of nitrogens with zero attached hydrogens (tertiary/aromatic N) is 3. The zero-order valence-corrected chi connectivity index (χ0v) is 14.5. The van der Waals surface area contributed by atoms with Crippen LogP contribution in [-0.4, -0.2) is 17.8 Å². The van der Waals surface area contributed by atoms with Crippen LogP contribution in [0.2, 0.25) is 0 Å². The zero-order valence-electron chi connectivity index (χ0n) is 14.5. The van der Waals surface area contributed by atoms with Crippen molar-refractivity contribution < 1.29 is 18.1 Å². The average Bonchev–Trinajstić information content (AvgIpc) is 2.58. The summed E-state index contributed by atoms with van der Waals surface area (Å²) in [5.74, 6) is 0.461. The fourth-order valence-corrected chi connectivity index (χ4v) is 2.49. The zero-order chi connectivity index (χ0) is 19.5. The lowest BCUT2D eigenvalue weighted by molar-refractivity contribution is -0.388. The number of rotatable bonds is 4. The van der Waals surface area contributed by atoms with E-state index >= 15 is 0 Å². The number of halogens is 3. The van der Waals surface area contributed by atoms with E-state index in [1.165, 1.54) is 6.07 Å². The normalized spacial score (nSPS) is 12.3. The van der Waals surface area contributed by atoms with Gasteiger partial charge in [-0.05, 0) is 24.3 Å². The Labute approximate surface area is 148 Å². The third-order valence-electron chi connectivity index (χ3n) is 3.73. The van der Waals surface area contributed by atoms with Crippen molar-refractivity contribution in [2.45, 2.75) is 20.0 Å². The van der Waals surface area contributed by atoms with Crippen molar-refractivity contribution in [1.29, 1.82) is 0 Å². The molecule has 0 unspecified atom stereocenters. The van der Waals surface area contributed by atoms with Gasteiger partial charge in [0.15, 0.2) is 0 Å². The first-order valence-electron chi connectivity index (χ1n) is 7.84. The summed E-state index contributed by atoms with van der Waals surface area (Å²) in [6, 6.07) is 12.0. The predicted molar refractivity (Wildman–Crippen MR) is 94.9 cm³/mol. The maximum absolute atomic E-state index is 13.1. The average molecular weight is 365 g/mol. The molecule has 0 aliphatic carbocycles. The molecule has 0 saturated heterocycles. The van der Waals surface area contributed by atoms with Gasteiger partial charge in [-0.15, -0.1) is 0 Å². The molecule has 0 amide bonds. The Morgan fingerprint density at radius 3 is 2.27 bits per heavy atom. The van der Waals surface area contributed by atoms with Crippen molar-refractivity contribution in [3.63, 3.8) is 0 Å². The van der Waals surface area contributed by atoms with E-state index in [2.05, 4.69) is 4.99 Å². The number of para-hydroxylation sites is 1. The van der Waals surface area contributed by atoms with Crippen molar-refractivity contribution >= 4 is 22.9 Å². The third kappa shape index (κ3) is 4.38. The second-order valence-corrected chi connectivity index (χ2v) is 5.98. The Morgan fingerprint density at radius 1 is 1.15 bits per heavy atom. The molecule has 8 heteroatoms. The van der Waals surface area contributed by atoms with Crippen LogP contribution in [0.3, 0.4) is 0 Å². The van der Waals surface area contributed by atoms with Crippen LogP contribution in [0.5, 0.6) is 0 Å². The molecular formula is C18H18F3N3O2. The first kappa shape index (κ1) is 19.4. The highest BCUT2D eigenvalue weighted by Crippen LogP contribution is 2.38. The number of nitro groups is 1. The predicted octanol–water partition coefficient (Wildman–Crippen LogP) is 5.44. The third-order valence-corrected chi connectivity index (χ3v) is 3.73. The molecule has 2 rings (SSSR count). The molecule has 0 fully saturated rings. The minimum Gasteiger partial charge on any atom is -0.333 e. The summed E-state index contributed by atoms with van der Waals surface area (Å²) in [6.07, 6.45) is -4.84. The van der Waals surface area contributed by atoms with Gasteiger partial charge in [-0.2, -0.15) is 13.2 Å². The van der Waals surface area contributed by atoms with Crippen LogP contribution in [0.1, 0.15) is 19.4 Å². The molecular weight excluding hydrogens is 347 g/mol. The Bertz CT molecular complexity index is 818. The number of alkyl halides is 3. The quantitative estimate of drug-likeness (QED) is 0.314. The molecule has 0 aromatic heterocycles. The highest BCUT2D eigenvalue weighted by Gasteiger charge is 2.38. The van der Waals surface area contributed by atoms with Crippen LogP contribution in [0.25, 0.3) is 0 Å². The Morgan fingerprint density at radius 2 is 1.77 bits per heavy atom. The standard InChI is InChI=1S/C18H18F3N3O2/c1-12(2)17(23(3)14-7-5-4-6-8-14)22-13-9-10-16(24(25)26)15(11-13)18(19,20)21/h4-12H,1-3H3. The van der Waals surface area contributed by atoms with Crippen molar-refractivity contribution in [2.75, 3.05) is 11.9 Å². The van der Waals surface area contributed by atoms with Crippen molar-refractivity contribution in [3.8, 4) is 0 Å². The summed E-state index contributed by atoms with van der Waals surface area (Å²) in [5.41, 5.74) is -1.46. The summed E-state index contributed by atoms with van der Waals surface area (Å²) in [7, 11) is 1.77. The van der Waals surface area contributed by atoms with Crippen molar-refractivity contribution in [2.24, 2.45) is 10.9 Å². The van der Waals surface area contributed by atoms with E-state index in [0.717, 1.165) is 11.8 Å². The molecule has 0 radical (unpaired) electrons. The van der Waals surface area contributed by atoms with Gasteiger partial charge < -0.3 is 4.90 Å². The lowest BCUT2D eigenvalue weighted by Gasteiger charge is -2.24. The number of aliphatic imine (C=N–C) groups is 1. The van der Waals surface area contributed by atoms with Crippen LogP contribution in [0.15, 0.2) is 53.5 Å². The van der Waals surface area contributed by atoms with Gasteiger partial charge in [0.25, 0.3) is 5.69 Å². The molecule has 2 aromatic carbocycles. The molecule has 0 bridgehead atoms. The van der Waals surface area contributed by atoms with Crippen LogP contribution < -0.4 is 4.90 Å².